The standard InChI is InChI=1S/C21H29N3O2S/c1-2-3-4-5-6-7-10-15-23-20(25)18-13-14-19(27-18)21(26)24-17-12-9-8-11-16(17)22/h8-9,11-14H,2-7,10,15,22H2,1H3,(H,23,25)(H,24,26). The van der Waals surface area contributed by atoms with Crippen LogP contribution in [0.3, 0.4) is 0 Å². The number of hydrogen-bond donors (Lipinski definition) is 3. The normalized spacial score (nSPS) is 10.6. The molecular formula is C21H29N3O2S. The van der Waals surface area contributed by atoms with E-state index in [0.29, 0.717) is 27.7 Å². The van der Waals surface area contributed by atoms with Crippen LogP contribution in [-0.2, 0) is 0 Å². The molecule has 0 aliphatic rings. The molecule has 1 aromatic carbocycles. The number of thiophene rings is 1. The van der Waals surface area contributed by atoms with Gasteiger partial charge < -0.3 is 16.4 Å². The predicted molar refractivity (Wildman–Crippen MR) is 113 cm³/mol. The number of anilines is 2. The number of amides is 2. The third-order valence-electron chi connectivity index (χ3n) is 4.33. The first kappa shape index (κ1) is 21.0. The molecule has 0 atom stereocenters. The highest BCUT2D eigenvalue weighted by Gasteiger charge is 2.14. The van der Waals surface area contributed by atoms with Gasteiger partial charge in [0.1, 0.15) is 0 Å². The second kappa shape index (κ2) is 11.4. The molecule has 0 unspecified atom stereocenters. The van der Waals surface area contributed by atoms with E-state index < -0.39 is 0 Å². The highest BCUT2D eigenvalue weighted by Crippen LogP contribution is 2.21. The first-order valence-corrected chi connectivity index (χ1v) is 10.5. The minimum absolute atomic E-state index is 0.121. The van der Waals surface area contributed by atoms with Crippen molar-refractivity contribution in [2.24, 2.45) is 0 Å². The zero-order valence-corrected chi connectivity index (χ0v) is 16.7. The lowest BCUT2D eigenvalue weighted by Gasteiger charge is -2.06. The van der Waals surface area contributed by atoms with E-state index >= 15 is 0 Å². The minimum Gasteiger partial charge on any atom is -0.397 e. The molecule has 2 amide bonds. The molecule has 2 rings (SSSR count). The maximum Gasteiger partial charge on any atom is 0.265 e. The maximum absolute atomic E-state index is 12.3. The molecule has 2 aromatic rings. The topological polar surface area (TPSA) is 84.2 Å². The summed E-state index contributed by atoms with van der Waals surface area (Å²) in [5.74, 6) is -0.381. The fraction of sp³-hybridized carbons (Fsp3) is 0.429. The molecule has 0 aliphatic carbocycles. The van der Waals surface area contributed by atoms with E-state index in [1.165, 1.54) is 43.4 Å². The highest BCUT2D eigenvalue weighted by molar-refractivity contribution is 7.16. The lowest BCUT2D eigenvalue weighted by Crippen LogP contribution is -2.23. The van der Waals surface area contributed by atoms with Gasteiger partial charge in [0, 0.05) is 6.54 Å². The number of benzene rings is 1. The smallest absolute Gasteiger partial charge is 0.265 e. The molecule has 5 nitrogen and oxygen atoms in total. The second-order valence-electron chi connectivity index (χ2n) is 6.58. The van der Waals surface area contributed by atoms with Gasteiger partial charge in [0.25, 0.3) is 11.8 Å². The van der Waals surface area contributed by atoms with Gasteiger partial charge in [0.05, 0.1) is 21.1 Å². The Morgan fingerprint density at radius 3 is 2.22 bits per heavy atom. The van der Waals surface area contributed by atoms with E-state index in [-0.39, 0.29) is 11.8 Å². The van der Waals surface area contributed by atoms with Gasteiger partial charge in [-0.3, -0.25) is 9.59 Å². The monoisotopic (exact) mass is 387 g/mol. The molecule has 6 heteroatoms. The van der Waals surface area contributed by atoms with Crippen molar-refractivity contribution in [2.45, 2.75) is 51.9 Å². The summed E-state index contributed by atoms with van der Waals surface area (Å²) in [6.07, 6.45) is 8.50. The van der Waals surface area contributed by atoms with Crippen LogP contribution in [0.4, 0.5) is 11.4 Å². The SMILES string of the molecule is CCCCCCCCCNC(=O)c1ccc(C(=O)Nc2ccccc2N)s1. The number of nitrogen functional groups attached to an aromatic ring is 1. The number of carbonyl (C=O) groups is 2. The highest BCUT2D eigenvalue weighted by atomic mass is 32.1. The average Bonchev–Trinajstić information content (AvgIpc) is 3.16. The molecule has 1 aromatic heterocycles. The van der Waals surface area contributed by atoms with Gasteiger partial charge in [-0.1, -0.05) is 57.6 Å². The number of hydrogen-bond acceptors (Lipinski definition) is 4. The van der Waals surface area contributed by atoms with Gasteiger partial charge in [-0.25, -0.2) is 0 Å². The Kier molecular flexibility index (Phi) is 8.84. The van der Waals surface area contributed by atoms with E-state index in [1.807, 2.05) is 12.1 Å². The Labute approximate surface area is 165 Å². The Bertz CT molecular complexity index is 743. The summed E-state index contributed by atoms with van der Waals surface area (Å²) in [6, 6.07) is 10.5. The van der Waals surface area contributed by atoms with E-state index in [0.717, 1.165) is 12.8 Å². The van der Waals surface area contributed by atoms with Crippen molar-refractivity contribution in [2.75, 3.05) is 17.6 Å². The van der Waals surface area contributed by atoms with Crippen LogP contribution < -0.4 is 16.4 Å². The van der Waals surface area contributed by atoms with Gasteiger partial charge in [0.15, 0.2) is 0 Å². The van der Waals surface area contributed by atoms with Crippen molar-refractivity contribution in [1.29, 1.82) is 0 Å². The summed E-state index contributed by atoms with van der Waals surface area (Å²) in [7, 11) is 0. The zero-order chi connectivity index (χ0) is 19.5. The number of carbonyl (C=O) groups excluding carboxylic acids is 2. The number of unbranched alkanes of at least 4 members (excludes halogenated alkanes) is 6. The molecule has 0 saturated heterocycles. The van der Waals surface area contributed by atoms with Crippen LogP contribution in [0.2, 0.25) is 0 Å². The molecule has 146 valence electrons. The molecule has 1 heterocycles. The lowest BCUT2D eigenvalue weighted by molar-refractivity contribution is 0.0956. The second-order valence-corrected chi connectivity index (χ2v) is 7.67. The first-order valence-electron chi connectivity index (χ1n) is 9.65. The largest absolute Gasteiger partial charge is 0.397 e. The van der Waals surface area contributed by atoms with Crippen molar-refractivity contribution in [3.8, 4) is 0 Å². The molecule has 0 radical (unpaired) electrons. The van der Waals surface area contributed by atoms with Crippen molar-refractivity contribution in [3.63, 3.8) is 0 Å². The fourth-order valence-corrected chi connectivity index (χ4v) is 3.57. The van der Waals surface area contributed by atoms with E-state index in [2.05, 4.69) is 17.6 Å². The lowest BCUT2D eigenvalue weighted by atomic mass is 10.1. The predicted octanol–water partition coefficient (Wildman–Crippen LogP) is 5.06. The molecule has 4 N–H and O–H groups in total. The van der Waals surface area contributed by atoms with Crippen molar-refractivity contribution in [1.82, 2.24) is 5.32 Å². The molecule has 0 aliphatic heterocycles. The van der Waals surface area contributed by atoms with Gasteiger partial charge in [0.2, 0.25) is 0 Å². The third kappa shape index (κ3) is 7.06. The van der Waals surface area contributed by atoms with E-state index in [9.17, 15) is 9.59 Å². The summed E-state index contributed by atoms with van der Waals surface area (Å²) in [5, 5.41) is 5.71. The zero-order valence-electron chi connectivity index (χ0n) is 15.9. The molecule has 0 spiro atoms. The Hall–Kier alpha value is -2.34. The van der Waals surface area contributed by atoms with Gasteiger partial charge in [-0.15, -0.1) is 11.3 Å². The van der Waals surface area contributed by atoms with Gasteiger partial charge >= 0.3 is 0 Å². The molecule has 0 saturated carbocycles. The molecule has 0 bridgehead atoms. The quantitative estimate of drug-likeness (QED) is 0.372. The fourth-order valence-electron chi connectivity index (χ4n) is 2.75. The molecular weight excluding hydrogens is 358 g/mol. The summed E-state index contributed by atoms with van der Waals surface area (Å²) < 4.78 is 0. The van der Waals surface area contributed by atoms with Crippen LogP contribution >= 0.6 is 11.3 Å². The van der Waals surface area contributed by atoms with E-state index in [4.69, 9.17) is 5.73 Å². The Morgan fingerprint density at radius 1 is 0.889 bits per heavy atom. The van der Waals surface area contributed by atoms with Crippen molar-refractivity contribution < 1.29 is 9.59 Å². The Morgan fingerprint density at radius 2 is 1.52 bits per heavy atom. The molecule has 0 fully saturated rings. The van der Waals surface area contributed by atoms with E-state index in [1.54, 1.807) is 24.3 Å². The third-order valence-corrected chi connectivity index (χ3v) is 5.41. The summed E-state index contributed by atoms with van der Waals surface area (Å²) >= 11 is 1.19. The van der Waals surface area contributed by atoms with Gasteiger partial charge in [-0.05, 0) is 30.7 Å². The van der Waals surface area contributed by atoms with Crippen LogP contribution in [0.1, 0.15) is 71.2 Å². The van der Waals surface area contributed by atoms with Crippen LogP contribution in [0.15, 0.2) is 36.4 Å². The number of rotatable bonds is 11. The molecule has 27 heavy (non-hydrogen) atoms. The average molecular weight is 388 g/mol. The van der Waals surface area contributed by atoms with Crippen LogP contribution in [-0.4, -0.2) is 18.4 Å². The van der Waals surface area contributed by atoms with Crippen LogP contribution in [0.5, 0.6) is 0 Å². The van der Waals surface area contributed by atoms with Crippen LogP contribution in [0, 0.1) is 0 Å². The van der Waals surface area contributed by atoms with Crippen molar-refractivity contribution >= 4 is 34.5 Å². The number of nitrogens with one attached hydrogen (secondary N) is 2. The maximum atomic E-state index is 12.3. The number of nitrogens with two attached hydrogens (primary N) is 1. The van der Waals surface area contributed by atoms with Crippen molar-refractivity contribution in [3.05, 3.63) is 46.2 Å². The first-order chi connectivity index (χ1) is 13.1. The summed E-state index contributed by atoms with van der Waals surface area (Å²) in [4.78, 5) is 25.6. The Balaban J connectivity index is 1.73. The van der Waals surface area contributed by atoms with Crippen LogP contribution in [0.25, 0.3) is 0 Å². The van der Waals surface area contributed by atoms with Gasteiger partial charge in [-0.2, -0.15) is 0 Å². The summed E-state index contributed by atoms with van der Waals surface area (Å²) in [5.41, 5.74) is 6.92. The number of para-hydroxylation sites is 2. The summed E-state index contributed by atoms with van der Waals surface area (Å²) in [6.45, 7) is 2.89. The minimum atomic E-state index is -0.260.